The summed E-state index contributed by atoms with van der Waals surface area (Å²) in [6.07, 6.45) is -4.42. The highest BCUT2D eigenvalue weighted by atomic mass is 19.4. The molecule has 0 aromatic heterocycles. The van der Waals surface area contributed by atoms with E-state index in [-0.39, 0.29) is 19.1 Å². The zero-order chi connectivity index (χ0) is 14.4. The van der Waals surface area contributed by atoms with E-state index in [2.05, 4.69) is 4.74 Å². The molecule has 18 heavy (non-hydrogen) atoms. The number of carbonyl (C=O) groups excluding carboxylic acids is 1. The molecule has 0 aromatic rings. The molecule has 7 heteroatoms. The lowest BCUT2D eigenvalue weighted by Crippen LogP contribution is -2.48. The molecule has 0 aliphatic heterocycles. The molecular formula is C11H20F3NO3. The Balaban J connectivity index is 4.72. The number of esters is 1. The maximum Gasteiger partial charge on any atom is 0.411 e. The summed E-state index contributed by atoms with van der Waals surface area (Å²) in [4.78, 5) is 11.8. The minimum atomic E-state index is -4.42. The van der Waals surface area contributed by atoms with Gasteiger partial charge in [-0.25, -0.2) is 0 Å². The number of alkyl halides is 3. The first-order valence-electron chi connectivity index (χ1n) is 5.71. The van der Waals surface area contributed by atoms with E-state index in [0.29, 0.717) is 0 Å². The van der Waals surface area contributed by atoms with E-state index in [4.69, 9.17) is 10.5 Å². The molecule has 2 N–H and O–H groups in total. The number of ether oxygens (including phenoxy) is 2. The average molecular weight is 271 g/mol. The van der Waals surface area contributed by atoms with Crippen molar-refractivity contribution in [1.82, 2.24) is 0 Å². The number of hydrogen-bond acceptors (Lipinski definition) is 4. The molecule has 0 radical (unpaired) electrons. The van der Waals surface area contributed by atoms with Crippen LogP contribution in [-0.2, 0) is 14.3 Å². The number of carbonyl (C=O) groups is 1. The Labute approximate surface area is 105 Å². The van der Waals surface area contributed by atoms with E-state index in [9.17, 15) is 18.0 Å². The highest BCUT2D eigenvalue weighted by Gasteiger charge is 2.43. The van der Waals surface area contributed by atoms with Gasteiger partial charge in [0.2, 0.25) is 0 Å². The van der Waals surface area contributed by atoms with Crippen LogP contribution in [0.3, 0.4) is 0 Å². The third-order valence-electron chi connectivity index (χ3n) is 2.78. The zero-order valence-electron chi connectivity index (χ0n) is 10.8. The van der Waals surface area contributed by atoms with Crippen LogP contribution in [-0.4, -0.2) is 38.5 Å². The number of nitrogens with two attached hydrogens (primary N) is 1. The molecule has 0 bridgehead atoms. The van der Waals surface area contributed by atoms with Crippen LogP contribution in [0.5, 0.6) is 0 Å². The lowest BCUT2D eigenvalue weighted by atomic mass is 9.78. The molecule has 1 unspecified atom stereocenters. The van der Waals surface area contributed by atoms with Crippen LogP contribution in [0.4, 0.5) is 13.2 Å². The summed E-state index contributed by atoms with van der Waals surface area (Å²) < 4.78 is 45.5. The summed E-state index contributed by atoms with van der Waals surface area (Å²) in [6, 6.07) is 0. The molecule has 0 amide bonds. The van der Waals surface area contributed by atoms with Gasteiger partial charge in [-0.3, -0.25) is 4.79 Å². The van der Waals surface area contributed by atoms with Crippen molar-refractivity contribution in [2.24, 2.45) is 17.1 Å². The van der Waals surface area contributed by atoms with E-state index < -0.39 is 30.8 Å². The van der Waals surface area contributed by atoms with Gasteiger partial charge in [-0.15, -0.1) is 0 Å². The van der Waals surface area contributed by atoms with Crippen LogP contribution in [0, 0.1) is 11.3 Å². The maximum absolute atomic E-state index is 12.0. The van der Waals surface area contributed by atoms with Crippen molar-refractivity contribution in [2.45, 2.75) is 26.9 Å². The average Bonchev–Trinajstić information content (AvgIpc) is 2.22. The third-order valence-corrected chi connectivity index (χ3v) is 2.78. The van der Waals surface area contributed by atoms with Gasteiger partial charge in [-0.05, 0) is 12.8 Å². The fourth-order valence-electron chi connectivity index (χ4n) is 1.46. The first-order chi connectivity index (χ1) is 8.19. The van der Waals surface area contributed by atoms with Crippen LogP contribution in [0.1, 0.15) is 20.8 Å². The molecule has 0 heterocycles. The van der Waals surface area contributed by atoms with Gasteiger partial charge in [0, 0.05) is 6.54 Å². The van der Waals surface area contributed by atoms with Crippen molar-refractivity contribution in [2.75, 3.05) is 26.4 Å². The van der Waals surface area contributed by atoms with Crippen LogP contribution in [0.15, 0.2) is 0 Å². The second-order valence-corrected chi connectivity index (χ2v) is 4.34. The lowest BCUT2D eigenvalue weighted by Gasteiger charge is -2.33. The standard InChI is InChI=1S/C11H20F3NO3/c1-4-18-9(16)10(5-15,8(2)3)6-17-7-11(12,13)14/h8H,4-7,15H2,1-3H3. The minimum Gasteiger partial charge on any atom is -0.465 e. The van der Waals surface area contributed by atoms with E-state index >= 15 is 0 Å². The topological polar surface area (TPSA) is 61.5 Å². The van der Waals surface area contributed by atoms with E-state index in [1.165, 1.54) is 0 Å². The molecule has 0 aromatic carbocycles. The molecule has 0 saturated heterocycles. The Morgan fingerprint density at radius 1 is 1.28 bits per heavy atom. The summed E-state index contributed by atoms with van der Waals surface area (Å²) in [5, 5.41) is 0. The second-order valence-electron chi connectivity index (χ2n) is 4.34. The van der Waals surface area contributed by atoms with Crippen LogP contribution < -0.4 is 5.73 Å². The first-order valence-corrected chi connectivity index (χ1v) is 5.71. The van der Waals surface area contributed by atoms with Gasteiger partial charge < -0.3 is 15.2 Å². The second kappa shape index (κ2) is 6.94. The van der Waals surface area contributed by atoms with Crippen molar-refractivity contribution < 1.29 is 27.4 Å². The summed E-state index contributed by atoms with van der Waals surface area (Å²) in [6.45, 7) is 3.23. The minimum absolute atomic E-state index is 0.124. The Hall–Kier alpha value is -0.820. The molecule has 0 rings (SSSR count). The highest BCUT2D eigenvalue weighted by Crippen LogP contribution is 2.29. The largest absolute Gasteiger partial charge is 0.465 e. The van der Waals surface area contributed by atoms with Gasteiger partial charge in [0.15, 0.2) is 0 Å². The highest BCUT2D eigenvalue weighted by molar-refractivity contribution is 5.77. The normalized spacial score (nSPS) is 15.6. The molecule has 1 atom stereocenters. The number of rotatable bonds is 7. The molecular weight excluding hydrogens is 251 g/mol. The fraction of sp³-hybridized carbons (Fsp3) is 0.909. The summed E-state index contributed by atoms with van der Waals surface area (Å²) in [7, 11) is 0. The molecule has 0 spiro atoms. The maximum atomic E-state index is 12.0. The Kier molecular flexibility index (Phi) is 6.62. The predicted octanol–water partition coefficient (Wildman–Crippen LogP) is 1.73. The van der Waals surface area contributed by atoms with Gasteiger partial charge in [0.05, 0.1) is 13.2 Å². The van der Waals surface area contributed by atoms with Crippen LogP contribution >= 0.6 is 0 Å². The van der Waals surface area contributed by atoms with Crippen LogP contribution in [0.2, 0.25) is 0 Å². The summed E-state index contributed by atoms with van der Waals surface area (Å²) in [5.41, 5.74) is 4.29. The fourth-order valence-corrected chi connectivity index (χ4v) is 1.46. The van der Waals surface area contributed by atoms with Crippen molar-refractivity contribution >= 4 is 5.97 Å². The van der Waals surface area contributed by atoms with Gasteiger partial charge in [-0.2, -0.15) is 13.2 Å². The first kappa shape index (κ1) is 17.2. The zero-order valence-corrected chi connectivity index (χ0v) is 10.8. The van der Waals surface area contributed by atoms with E-state index in [1.54, 1.807) is 20.8 Å². The van der Waals surface area contributed by atoms with Gasteiger partial charge in [-0.1, -0.05) is 13.8 Å². The molecule has 0 saturated carbocycles. The van der Waals surface area contributed by atoms with Gasteiger partial charge >= 0.3 is 12.1 Å². The van der Waals surface area contributed by atoms with Crippen molar-refractivity contribution in [3.8, 4) is 0 Å². The van der Waals surface area contributed by atoms with Gasteiger partial charge in [0.1, 0.15) is 12.0 Å². The molecule has 108 valence electrons. The smallest absolute Gasteiger partial charge is 0.411 e. The quantitative estimate of drug-likeness (QED) is 0.716. The number of hydrogen-bond donors (Lipinski definition) is 1. The molecule has 0 fully saturated rings. The van der Waals surface area contributed by atoms with E-state index in [1.807, 2.05) is 0 Å². The predicted molar refractivity (Wildman–Crippen MR) is 59.8 cm³/mol. The summed E-state index contributed by atoms with van der Waals surface area (Å²) >= 11 is 0. The Morgan fingerprint density at radius 3 is 2.17 bits per heavy atom. The van der Waals surface area contributed by atoms with Crippen LogP contribution in [0.25, 0.3) is 0 Å². The number of halogens is 3. The summed E-state index contributed by atoms with van der Waals surface area (Å²) in [5.74, 6) is -0.903. The molecule has 0 aliphatic carbocycles. The van der Waals surface area contributed by atoms with Crippen molar-refractivity contribution in [1.29, 1.82) is 0 Å². The third kappa shape index (κ3) is 4.81. The lowest BCUT2D eigenvalue weighted by molar-refractivity contribution is -0.190. The van der Waals surface area contributed by atoms with E-state index in [0.717, 1.165) is 0 Å². The molecule has 4 nitrogen and oxygen atoms in total. The van der Waals surface area contributed by atoms with Crippen molar-refractivity contribution in [3.63, 3.8) is 0 Å². The Morgan fingerprint density at radius 2 is 1.83 bits per heavy atom. The Bertz CT molecular complexity index is 269. The van der Waals surface area contributed by atoms with Gasteiger partial charge in [0.25, 0.3) is 0 Å². The molecule has 0 aliphatic rings. The van der Waals surface area contributed by atoms with Crippen molar-refractivity contribution in [3.05, 3.63) is 0 Å². The SMILES string of the molecule is CCOC(=O)C(CN)(COCC(F)(F)F)C(C)C. The monoisotopic (exact) mass is 271 g/mol.